The van der Waals surface area contributed by atoms with E-state index >= 15 is 0 Å². The molecule has 0 unspecified atom stereocenters. The van der Waals surface area contributed by atoms with Crippen LogP contribution in [0.2, 0.25) is 0 Å². The first-order chi connectivity index (χ1) is 33.0. The van der Waals surface area contributed by atoms with E-state index in [1.54, 1.807) is 0 Å². The molecule has 0 aliphatic heterocycles. The van der Waals surface area contributed by atoms with Crippen LogP contribution in [0, 0.1) is 47.3 Å². The van der Waals surface area contributed by atoms with Gasteiger partial charge in [-0.15, -0.1) is 0 Å². The number of rotatable bonds is 20. The molecule has 0 aliphatic carbocycles. The predicted octanol–water partition coefficient (Wildman–Crippen LogP) is 16.3. The fraction of sp³-hybridized carbons (Fsp3) is 0.452. The molecule has 0 spiro atoms. The fourth-order valence-electron chi connectivity index (χ4n) is 11.5. The normalized spacial score (nSPS) is 12.1. The van der Waals surface area contributed by atoms with Gasteiger partial charge in [0, 0.05) is 22.7 Å². The van der Waals surface area contributed by atoms with Gasteiger partial charge in [0.05, 0.1) is 22.3 Å². The molecule has 4 N–H and O–H groups in total. The number of hydrogen-bond acceptors (Lipinski definition) is 4. The van der Waals surface area contributed by atoms with Crippen molar-refractivity contribution in [2.24, 2.45) is 47.3 Å². The first-order valence-corrected chi connectivity index (χ1v) is 25.8. The van der Waals surface area contributed by atoms with Crippen LogP contribution < -0.4 is 21.3 Å². The van der Waals surface area contributed by atoms with Crippen LogP contribution >= 0.6 is 0 Å². The Balaban J connectivity index is 1.63. The molecular formula is C62H82N4O4. The van der Waals surface area contributed by atoms with Crippen LogP contribution in [0.1, 0.15) is 198 Å². The van der Waals surface area contributed by atoms with Gasteiger partial charge in [0.1, 0.15) is 0 Å². The van der Waals surface area contributed by atoms with Crippen LogP contribution in [0.4, 0.5) is 22.7 Å². The average Bonchev–Trinajstić information content (AvgIpc) is 3.27. The Hall–Kier alpha value is -6.02. The largest absolute Gasteiger partial charge is 0.322 e. The number of nitrogens with one attached hydrogen (secondary N) is 4. The first kappa shape index (κ1) is 54.9. The molecule has 8 nitrogen and oxygen atoms in total. The second kappa shape index (κ2) is 24.2. The van der Waals surface area contributed by atoms with Crippen LogP contribution in [0.5, 0.6) is 0 Å². The van der Waals surface area contributed by atoms with Gasteiger partial charge in [0.25, 0.3) is 23.6 Å². The molecule has 0 radical (unpaired) electrons. The number of carbonyl (C=O) groups is 4. The van der Waals surface area contributed by atoms with E-state index < -0.39 is 23.6 Å². The van der Waals surface area contributed by atoms with Gasteiger partial charge in [0.2, 0.25) is 0 Å². The van der Waals surface area contributed by atoms with Crippen molar-refractivity contribution in [1.82, 2.24) is 0 Å². The van der Waals surface area contributed by atoms with Gasteiger partial charge < -0.3 is 21.3 Å². The van der Waals surface area contributed by atoms with Crippen molar-refractivity contribution < 1.29 is 19.2 Å². The Bertz CT molecular complexity index is 2150. The molecule has 0 fully saturated rings. The van der Waals surface area contributed by atoms with Crippen LogP contribution in [0.3, 0.4) is 0 Å². The summed E-state index contributed by atoms with van der Waals surface area (Å²) < 4.78 is 0. The summed E-state index contributed by atoms with van der Waals surface area (Å²) in [4.78, 5) is 58.6. The molecule has 374 valence electrons. The van der Waals surface area contributed by atoms with Crippen molar-refractivity contribution in [2.75, 3.05) is 21.3 Å². The maximum Gasteiger partial charge on any atom is 0.256 e. The Morgan fingerprint density at radius 3 is 0.529 bits per heavy atom. The summed E-state index contributed by atoms with van der Waals surface area (Å²) in [5.74, 6) is 2.24. The Morgan fingerprint density at radius 1 is 0.257 bits per heavy atom. The minimum atomic E-state index is -0.603. The van der Waals surface area contributed by atoms with Crippen molar-refractivity contribution in [3.8, 4) is 0 Å². The number of carbonyl (C=O) groups excluding carboxylic acids is 4. The number of hydrogen-bond donors (Lipinski definition) is 4. The van der Waals surface area contributed by atoms with E-state index in [2.05, 4.69) is 132 Å². The van der Waals surface area contributed by atoms with Crippen LogP contribution in [0.25, 0.3) is 0 Å². The minimum absolute atomic E-state index is 0.0633. The molecule has 5 aromatic rings. The van der Waals surface area contributed by atoms with Gasteiger partial charge in [0.15, 0.2) is 0 Å². The Morgan fingerprint density at radius 2 is 0.400 bits per heavy atom. The highest BCUT2D eigenvalue weighted by Crippen LogP contribution is 2.36. The van der Waals surface area contributed by atoms with E-state index in [1.165, 1.54) is 34.4 Å². The highest BCUT2D eigenvalue weighted by atomic mass is 16.2. The molecule has 4 amide bonds. The third kappa shape index (κ3) is 13.6. The van der Waals surface area contributed by atoms with Crippen molar-refractivity contribution in [3.05, 3.63) is 154 Å². The molecule has 0 bridgehead atoms. The molecule has 0 saturated carbocycles. The molecule has 5 rings (SSSR count). The first-order valence-electron chi connectivity index (χ1n) is 25.8. The molecule has 0 aromatic heterocycles. The summed E-state index contributed by atoms with van der Waals surface area (Å²) in [5, 5.41) is 12.0. The summed E-state index contributed by atoms with van der Waals surface area (Å²) in [6.07, 6.45) is 0. The summed E-state index contributed by atoms with van der Waals surface area (Å²) in [6, 6.07) is 33.9. The lowest BCUT2D eigenvalue weighted by Gasteiger charge is -2.25. The van der Waals surface area contributed by atoms with Crippen LogP contribution in [-0.2, 0) is 0 Å². The highest BCUT2D eigenvalue weighted by Gasteiger charge is 2.29. The van der Waals surface area contributed by atoms with E-state index in [1.807, 2.05) is 97.1 Å². The fourth-order valence-corrected chi connectivity index (χ4v) is 11.5. The Kier molecular flexibility index (Phi) is 19.0. The lowest BCUT2D eigenvalue weighted by molar-refractivity contribution is 0.0980. The van der Waals surface area contributed by atoms with Crippen molar-refractivity contribution in [1.29, 1.82) is 0 Å². The molecule has 8 heteroatoms. The van der Waals surface area contributed by atoms with Crippen molar-refractivity contribution >= 4 is 46.4 Å². The molecule has 0 aliphatic rings. The number of anilines is 4. The van der Waals surface area contributed by atoms with Gasteiger partial charge >= 0.3 is 0 Å². The monoisotopic (exact) mass is 947 g/mol. The van der Waals surface area contributed by atoms with Crippen molar-refractivity contribution in [2.45, 2.75) is 134 Å². The second-order valence-corrected chi connectivity index (χ2v) is 22.3. The molecule has 0 atom stereocenters. The second-order valence-electron chi connectivity index (χ2n) is 22.3. The maximum atomic E-state index is 14.6. The zero-order chi connectivity index (χ0) is 51.7. The van der Waals surface area contributed by atoms with E-state index in [4.69, 9.17) is 0 Å². The average molecular weight is 947 g/mol. The lowest BCUT2D eigenvalue weighted by atomic mass is 9.80. The molecule has 0 heterocycles. The smallest absolute Gasteiger partial charge is 0.256 e. The molecular weight excluding hydrogens is 865 g/mol. The lowest BCUT2D eigenvalue weighted by Crippen LogP contribution is -2.26. The third-order valence-corrected chi connectivity index (χ3v) is 14.1. The third-order valence-electron chi connectivity index (χ3n) is 14.1. The van der Waals surface area contributed by atoms with E-state index in [0.29, 0.717) is 93.8 Å². The Labute approximate surface area is 420 Å². The zero-order valence-corrected chi connectivity index (χ0v) is 45.0. The standard InChI is InChI=1S/C62H82N4O4/c1-35(2)55(36(3)4)43-17-25-47(26-18-43)63-59(67)51-33-53(61(69)65-49-29-21-45(22-30-49)57(39(9)10)40(11)12)54(62(70)66-50-31-23-46(24-32-50)58(41(13)14)42(15)16)34-52(51)60(68)64-48-27-19-44(20-28-48)56(37(5)6)38(7)8/h17-42,55-58H,1-16H3,(H,63,67)(H,64,68)(H,65,69)(H,66,70). The SMILES string of the molecule is CC(C)C(c1ccc(NC(=O)c2cc(C(=O)Nc3ccc(C(C(C)C)C(C)C)cc3)c(C(=O)Nc3ccc(C(C(C)C)C(C)C)cc3)cc2C(=O)Nc2ccc(C(C(C)C)C(C)C)cc2)cc1)C(C)C. The summed E-state index contributed by atoms with van der Waals surface area (Å²) in [6.45, 7) is 35.4. The van der Waals surface area contributed by atoms with Crippen molar-refractivity contribution in [3.63, 3.8) is 0 Å². The highest BCUT2D eigenvalue weighted by molar-refractivity contribution is 6.21. The zero-order valence-electron chi connectivity index (χ0n) is 45.0. The molecule has 0 saturated heterocycles. The molecule has 70 heavy (non-hydrogen) atoms. The van der Waals surface area contributed by atoms with Gasteiger partial charge in [-0.05, 0) is 154 Å². The molecule has 5 aromatic carbocycles. The quantitative estimate of drug-likeness (QED) is 0.0622. The van der Waals surface area contributed by atoms with Crippen LogP contribution in [-0.4, -0.2) is 23.6 Å². The van der Waals surface area contributed by atoms with Gasteiger partial charge in [-0.1, -0.05) is 159 Å². The topological polar surface area (TPSA) is 116 Å². The minimum Gasteiger partial charge on any atom is -0.322 e. The number of benzene rings is 5. The maximum absolute atomic E-state index is 14.6. The summed E-state index contributed by atoms with van der Waals surface area (Å²) >= 11 is 0. The van der Waals surface area contributed by atoms with E-state index in [-0.39, 0.29) is 22.3 Å². The van der Waals surface area contributed by atoms with Gasteiger partial charge in [-0.2, -0.15) is 0 Å². The van der Waals surface area contributed by atoms with Gasteiger partial charge in [-0.25, -0.2) is 0 Å². The van der Waals surface area contributed by atoms with Crippen LogP contribution in [0.15, 0.2) is 109 Å². The van der Waals surface area contributed by atoms with E-state index in [0.717, 1.165) is 0 Å². The number of amides is 4. The van der Waals surface area contributed by atoms with Gasteiger partial charge in [-0.3, -0.25) is 19.2 Å². The summed E-state index contributed by atoms with van der Waals surface area (Å²) in [7, 11) is 0. The predicted molar refractivity (Wildman–Crippen MR) is 294 cm³/mol. The summed E-state index contributed by atoms with van der Waals surface area (Å²) in [5.41, 5.74) is 6.54. The van der Waals surface area contributed by atoms with E-state index in [9.17, 15) is 19.2 Å².